The molecule has 1 heterocycles. The zero-order valence-corrected chi connectivity index (χ0v) is 11.9. The van der Waals surface area contributed by atoms with E-state index in [1.165, 1.54) is 4.57 Å². The summed E-state index contributed by atoms with van der Waals surface area (Å²) in [5.41, 5.74) is 7.15. The Morgan fingerprint density at radius 3 is 2.64 bits per heavy atom. The lowest BCUT2D eigenvalue weighted by molar-refractivity contribution is 0.318. The van der Waals surface area contributed by atoms with E-state index in [9.17, 15) is 4.79 Å². The molecule has 0 amide bonds. The van der Waals surface area contributed by atoms with Crippen LogP contribution in [-0.4, -0.2) is 20.6 Å². The first kappa shape index (κ1) is 13.8. The zero-order chi connectivity index (χ0) is 15.7. The van der Waals surface area contributed by atoms with Gasteiger partial charge < -0.3 is 10.9 Å². The summed E-state index contributed by atoms with van der Waals surface area (Å²) in [6.45, 7) is 1.75. The molecule has 0 aliphatic rings. The van der Waals surface area contributed by atoms with E-state index in [0.29, 0.717) is 28.0 Å². The molecule has 3 N–H and O–H groups in total. The highest BCUT2D eigenvalue weighted by Crippen LogP contribution is 2.16. The Morgan fingerprint density at radius 2 is 1.86 bits per heavy atom. The minimum absolute atomic E-state index is 0.0601. The molecule has 0 saturated carbocycles. The van der Waals surface area contributed by atoms with Gasteiger partial charge in [0.05, 0.1) is 16.6 Å². The standard InChI is InChI=1S/C16H14N4O2/c1-10-18-13-8-4-2-6-11(13)16(21)20(10)14-9-5-3-7-12(14)15(17)19-22/h2-9,22H,1H3,(H2,17,19). The molecular formula is C16H14N4O2. The maximum absolute atomic E-state index is 12.8. The van der Waals surface area contributed by atoms with Gasteiger partial charge in [0.2, 0.25) is 0 Å². The molecule has 0 aliphatic carbocycles. The van der Waals surface area contributed by atoms with Crippen molar-refractivity contribution in [1.82, 2.24) is 9.55 Å². The van der Waals surface area contributed by atoms with Crippen molar-refractivity contribution in [3.05, 3.63) is 70.3 Å². The molecule has 1 aromatic heterocycles. The minimum Gasteiger partial charge on any atom is -0.409 e. The van der Waals surface area contributed by atoms with Crippen molar-refractivity contribution in [2.75, 3.05) is 0 Å². The lowest BCUT2D eigenvalue weighted by Gasteiger charge is -2.14. The molecule has 0 radical (unpaired) electrons. The molecule has 2 aromatic carbocycles. The fourth-order valence-electron chi connectivity index (χ4n) is 2.47. The van der Waals surface area contributed by atoms with Crippen molar-refractivity contribution in [2.45, 2.75) is 6.92 Å². The van der Waals surface area contributed by atoms with Gasteiger partial charge in [0.15, 0.2) is 5.84 Å². The van der Waals surface area contributed by atoms with Crippen LogP contribution in [0.1, 0.15) is 11.4 Å². The van der Waals surface area contributed by atoms with Crippen LogP contribution in [0, 0.1) is 6.92 Å². The number of benzene rings is 2. The van der Waals surface area contributed by atoms with Gasteiger partial charge in [-0.3, -0.25) is 9.36 Å². The van der Waals surface area contributed by atoms with E-state index in [0.717, 1.165) is 0 Å². The molecule has 110 valence electrons. The van der Waals surface area contributed by atoms with E-state index in [2.05, 4.69) is 10.1 Å². The van der Waals surface area contributed by atoms with Crippen LogP contribution in [0.4, 0.5) is 0 Å². The summed E-state index contributed by atoms with van der Waals surface area (Å²) < 4.78 is 1.47. The number of aromatic nitrogens is 2. The van der Waals surface area contributed by atoms with Crippen molar-refractivity contribution in [3.8, 4) is 5.69 Å². The topological polar surface area (TPSA) is 93.5 Å². The monoisotopic (exact) mass is 294 g/mol. The number of oxime groups is 1. The second kappa shape index (κ2) is 5.33. The number of amidine groups is 1. The third-order valence-electron chi connectivity index (χ3n) is 3.47. The third-order valence-corrected chi connectivity index (χ3v) is 3.47. The van der Waals surface area contributed by atoms with Gasteiger partial charge in [0.1, 0.15) is 5.82 Å². The number of rotatable bonds is 2. The number of aryl methyl sites for hydroxylation is 1. The summed E-state index contributed by atoms with van der Waals surface area (Å²) in [5, 5.41) is 12.5. The molecule has 0 fully saturated rings. The van der Waals surface area contributed by atoms with Gasteiger partial charge in [-0.05, 0) is 31.2 Å². The summed E-state index contributed by atoms with van der Waals surface area (Å²) >= 11 is 0. The van der Waals surface area contributed by atoms with Crippen LogP contribution in [0.5, 0.6) is 0 Å². The SMILES string of the molecule is Cc1nc2ccccc2c(=O)n1-c1ccccc1/C(N)=N\O. The van der Waals surface area contributed by atoms with Crippen molar-refractivity contribution in [2.24, 2.45) is 10.9 Å². The van der Waals surface area contributed by atoms with Gasteiger partial charge in [-0.2, -0.15) is 0 Å². The molecule has 0 unspecified atom stereocenters. The lowest BCUT2D eigenvalue weighted by atomic mass is 10.1. The van der Waals surface area contributed by atoms with E-state index in [4.69, 9.17) is 10.9 Å². The molecule has 0 atom stereocenters. The molecule has 0 bridgehead atoms. The first-order valence-electron chi connectivity index (χ1n) is 6.69. The van der Waals surface area contributed by atoms with Gasteiger partial charge in [-0.1, -0.05) is 29.4 Å². The van der Waals surface area contributed by atoms with E-state index in [-0.39, 0.29) is 11.4 Å². The molecule has 6 nitrogen and oxygen atoms in total. The number of nitrogens with zero attached hydrogens (tertiary/aromatic N) is 3. The Hall–Kier alpha value is -3.15. The number of nitrogens with two attached hydrogens (primary N) is 1. The summed E-state index contributed by atoms with van der Waals surface area (Å²) in [5.74, 6) is 0.469. The van der Waals surface area contributed by atoms with E-state index >= 15 is 0 Å². The van der Waals surface area contributed by atoms with Crippen molar-refractivity contribution < 1.29 is 5.21 Å². The fourth-order valence-corrected chi connectivity index (χ4v) is 2.47. The predicted octanol–water partition coefficient (Wildman–Crippen LogP) is 1.79. The second-order valence-electron chi connectivity index (χ2n) is 4.82. The molecule has 3 aromatic rings. The van der Waals surface area contributed by atoms with Gasteiger partial charge >= 0.3 is 0 Å². The van der Waals surface area contributed by atoms with Gasteiger partial charge in [0, 0.05) is 5.56 Å². The number of para-hydroxylation sites is 2. The van der Waals surface area contributed by atoms with Crippen molar-refractivity contribution >= 4 is 16.7 Å². The van der Waals surface area contributed by atoms with Crippen LogP contribution in [-0.2, 0) is 0 Å². The first-order valence-corrected chi connectivity index (χ1v) is 6.69. The maximum atomic E-state index is 12.8. The summed E-state index contributed by atoms with van der Waals surface area (Å²) in [7, 11) is 0. The first-order chi connectivity index (χ1) is 10.6. The van der Waals surface area contributed by atoms with Crippen LogP contribution in [0.2, 0.25) is 0 Å². The molecule has 22 heavy (non-hydrogen) atoms. The largest absolute Gasteiger partial charge is 0.409 e. The van der Waals surface area contributed by atoms with Gasteiger partial charge in [-0.15, -0.1) is 0 Å². The van der Waals surface area contributed by atoms with E-state index in [1.54, 1.807) is 49.4 Å². The van der Waals surface area contributed by atoms with Gasteiger partial charge in [0.25, 0.3) is 5.56 Å². The Morgan fingerprint density at radius 1 is 1.18 bits per heavy atom. The molecule has 3 rings (SSSR count). The normalized spacial score (nSPS) is 11.8. The molecule has 0 saturated heterocycles. The predicted molar refractivity (Wildman–Crippen MR) is 84.6 cm³/mol. The Balaban J connectivity index is 2.40. The summed E-state index contributed by atoms with van der Waals surface area (Å²) in [6, 6.07) is 14.1. The van der Waals surface area contributed by atoms with Crippen molar-refractivity contribution in [1.29, 1.82) is 0 Å². The van der Waals surface area contributed by atoms with Crippen LogP contribution in [0.25, 0.3) is 16.6 Å². The van der Waals surface area contributed by atoms with Crippen LogP contribution in [0.3, 0.4) is 0 Å². The highest BCUT2D eigenvalue weighted by Gasteiger charge is 2.14. The van der Waals surface area contributed by atoms with Crippen LogP contribution >= 0.6 is 0 Å². The summed E-state index contributed by atoms with van der Waals surface area (Å²) in [4.78, 5) is 17.3. The highest BCUT2D eigenvalue weighted by molar-refractivity contribution is 6.00. The average Bonchev–Trinajstić information content (AvgIpc) is 2.54. The maximum Gasteiger partial charge on any atom is 0.265 e. The van der Waals surface area contributed by atoms with Crippen molar-refractivity contribution in [3.63, 3.8) is 0 Å². The Bertz CT molecular complexity index is 944. The fraction of sp³-hybridized carbons (Fsp3) is 0.0625. The minimum atomic E-state index is -0.193. The average molecular weight is 294 g/mol. The van der Waals surface area contributed by atoms with E-state index < -0.39 is 0 Å². The third kappa shape index (κ3) is 2.10. The smallest absolute Gasteiger partial charge is 0.265 e. The Labute approximate surface area is 126 Å². The molecule has 0 spiro atoms. The molecule has 0 aliphatic heterocycles. The van der Waals surface area contributed by atoms with Crippen LogP contribution < -0.4 is 11.3 Å². The highest BCUT2D eigenvalue weighted by atomic mass is 16.4. The second-order valence-corrected chi connectivity index (χ2v) is 4.82. The van der Waals surface area contributed by atoms with E-state index in [1.807, 2.05) is 6.07 Å². The number of hydrogen-bond donors (Lipinski definition) is 2. The zero-order valence-electron chi connectivity index (χ0n) is 11.9. The number of hydrogen-bond acceptors (Lipinski definition) is 4. The Kier molecular flexibility index (Phi) is 3.34. The molecule has 6 heteroatoms. The van der Waals surface area contributed by atoms with Crippen LogP contribution in [0.15, 0.2) is 58.5 Å². The quantitative estimate of drug-likeness (QED) is 0.326. The summed E-state index contributed by atoms with van der Waals surface area (Å²) in [6.07, 6.45) is 0. The number of fused-ring (bicyclic) bond motifs is 1. The lowest BCUT2D eigenvalue weighted by Crippen LogP contribution is -2.25. The van der Waals surface area contributed by atoms with Gasteiger partial charge in [-0.25, -0.2) is 4.98 Å². The molecular weight excluding hydrogens is 280 g/mol.